The topological polar surface area (TPSA) is 89.9 Å². The number of rotatable bonds is 7. The average molecular weight is 358 g/mol. The Morgan fingerprint density at radius 3 is 2.38 bits per heavy atom. The third-order valence-corrected chi connectivity index (χ3v) is 3.87. The molecule has 0 fully saturated rings. The van der Waals surface area contributed by atoms with Crippen molar-refractivity contribution >= 4 is 16.4 Å². The number of ether oxygens (including phenoxy) is 1. The van der Waals surface area contributed by atoms with Gasteiger partial charge in [0.1, 0.15) is 18.4 Å². The summed E-state index contributed by atoms with van der Waals surface area (Å²) in [5, 5.41) is 0. The lowest BCUT2D eigenvalue weighted by Gasteiger charge is -2.34. The first-order valence-corrected chi connectivity index (χ1v) is 8.59. The first-order chi connectivity index (χ1) is 10.8. The van der Waals surface area contributed by atoms with Crippen molar-refractivity contribution in [2.45, 2.75) is 19.9 Å². The smallest absolute Gasteiger partial charge is 0.446 e. The van der Waals surface area contributed by atoms with E-state index in [4.69, 9.17) is 9.29 Å². The van der Waals surface area contributed by atoms with Crippen molar-refractivity contribution in [3.63, 3.8) is 0 Å². The van der Waals surface area contributed by atoms with Crippen molar-refractivity contribution in [3.8, 4) is 5.75 Å². The molecule has 0 spiro atoms. The Balaban J connectivity index is 3.20. The molecule has 1 aromatic carbocycles. The molecule has 7 nitrogen and oxygen atoms in total. The number of likely N-dealkylation sites (N-methyl/N-ethyl adjacent to an activating group) is 1. The number of aryl methyl sites for hydroxylation is 1. The van der Waals surface area contributed by atoms with Crippen LogP contribution < -0.4 is 4.18 Å². The van der Waals surface area contributed by atoms with Crippen molar-refractivity contribution in [2.24, 2.45) is 0 Å². The normalized spacial score (nSPS) is 13.2. The van der Waals surface area contributed by atoms with Crippen molar-refractivity contribution in [1.29, 1.82) is 0 Å². The fraction of sp³-hybridized carbons (Fsp3) is 0.438. The molecule has 0 heterocycles. The molecule has 1 rings (SSSR count). The van der Waals surface area contributed by atoms with Crippen LogP contribution in [-0.2, 0) is 19.9 Å². The number of hydrogen-bond donors (Lipinski definition) is 1. The highest BCUT2D eigenvalue weighted by atomic mass is 32.3. The van der Waals surface area contributed by atoms with E-state index in [0.29, 0.717) is 10.1 Å². The van der Waals surface area contributed by atoms with Crippen LogP contribution in [0.3, 0.4) is 0 Å². The maximum atomic E-state index is 11.7. The summed E-state index contributed by atoms with van der Waals surface area (Å²) in [5.74, 6) is -0.501. The predicted octanol–water partition coefficient (Wildman–Crippen LogP) is 2.04. The van der Waals surface area contributed by atoms with Gasteiger partial charge in [0.15, 0.2) is 0 Å². The molecule has 1 unspecified atom stereocenters. The molecule has 0 amide bonds. The largest absolute Gasteiger partial charge is 0.456 e. The van der Waals surface area contributed by atoms with Gasteiger partial charge in [-0.1, -0.05) is 12.6 Å². The lowest BCUT2D eigenvalue weighted by Crippen LogP contribution is -2.42. The van der Waals surface area contributed by atoms with E-state index in [-0.39, 0.29) is 18.4 Å². The van der Waals surface area contributed by atoms with Gasteiger partial charge in [-0.2, -0.15) is 8.42 Å². The summed E-state index contributed by atoms with van der Waals surface area (Å²) in [6, 6.07) is 4.38. The van der Waals surface area contributed by atoms with Gasteiger partial charge in [0.05, 0.1) is 21.1 Å². The van der Waals surface area contributed by atoms with Gasteiger partial charge in [0.2, 0.25) is 0 Å². The molecule has 134 valence electrons. The first kappa shape index (κ1) is 20.1. The molecule has 1 aromatic rings. The predicted molar refractivity (Wildman–Crippen MR) is 89.9 cm³/mol. The van der Waals surface area contributed by atoms with E-state index in [1.165, 1.54) is 12.1 Å². The van der Waals surface area contributed by atoms with Gasteiger partial charge in [-0.3, -0.25) is 4.55 Å². The van der Waals surface area contributed by atoms with E-state index in [2.05, 4.69) is 10.8 Å². The second kappa shape index (κ2) is 7.33. The maximum Gasteiger partial charge on any atom is 0.446 e. The standard InChI is InChI=1S/C16H23NO6S/c1-11(2)16(18)22-10-15(17(4,5)6)14-9-13(8-7-12(14)3)23-24(19,20)21/h7-9,15H,1,10H2,2-6H3/p+1. The summed E-state index contributed by atoms with van der Waals surface area (Å²) in [4.78, 5) is 11.7. The van der Waals surface area contributed by atoms with Crippen LogP contribution in [0.25, 0.3) is 0 Å². The number of carbonyl (C=O) groups is 1. The maximum absolute atomic E-state index is 11.7. The summed E-state index contributed by atoms with van der Waals surface area (Å²) >= 11 is 0. The number of quaternary nitrogens is 1. The van der Waals surface area contributed by atoms with Crippen molar-refractivity contribution in [2.75, 3.05) is 27.7 Å². The molecule has 0 saturated carbocycles. The Morgan fingerprint density at radius 2 is 1.92 bits per heavy atom. The molecule has 0 bridgehead atoms. The third kappa shape index (κ3) is 5.95. The Morgan fingerprint density at radius 1 is 1.33 bits per heavy atom. The number of benzene rings is 1. The summed E-state index contributed by atoms with van der Waals surface area (Å²) in [6.07, 6.45) is 0. The molecule has 8 heteroatoms. The molecule has 24 heavy (non-hydrogen) atoms. The highest BCUT2D eigenvalue weighted by molar-refractivity contribution is 7.81. The fourth-order valence-corrected chi connectivity index (χ4v) is 2.51. The quantitative estimate of drug-likeness (QED) is 0.347. The summed E-state index contributed by atoms with van der Waals surface area (Å²) < 4.78 is 40.9. The van der Waals surface area contributed by atoms with Gasteiger partial charge >= 0.3 is 16.4 Å². The Bertz CT molecular complexity index is 733. The molecule has 0 radical (unpaired) electrons. The summed E-state index contributed by atoms with van der Waals surface area (Å²) in [6.45, 7) is 7.06. The van der Waals surface area contributed by atoms with Crippen molar-refractivity contribution in [1.82, 2.24) is 0 Å². The molecule has 0 saturated heterocycles. The molecular weight excluding hydrogens is 334 g/mol. The van der Waals surface area contributed by atoms with E-state index in [9.17, 15) is 13.2 Å². The van der Waals surface area contributed by atoms with E-state index in [0.717, 1.165) is 11.1 Å². The minimum Gasteiger partial charge on any atom is -0.456 e. The minimum atomic E-state index is -4.61. The molecule has 1 N–H and O–H groups in total. The highest BCUT2D eigenvalue weighted by Gasteiger charge is 2.29. The van der Waals surface area contributed by atoms with E-state index < -0.39 is 16.4 Å². The van der Waals surface area contributed by atoms with Crippen molar-refractivity contribution in [3.05, 3.63) is 41.5 Å². The van der Waals surface area contributed by atoms with Gasteiger partial charge in [-0.05, 0) is 31.5 Å². The van der Waals surface area contributed by atoms with Gasteiger partial charge in [0, 0.05) is 11.1 Å². The molecule has 0 aliphatic heterocycles. The van der Waals surface area contributed by atoms with Crippen LogP contribution in [0.2, 0.25) is 0 Å². The molecule has 0 aromatic heterocycles. The van der Waals surface area contributed by atoms with E-state index in [1.807, 2.05) is 28.1 Å². The molecule has 0 aliphatic carbocycles. The number of esters is 1. The highest BCUT2D eigenvalue weighted by Crippen LogP contribution is 2.30. The number of nitrogens with zero attached hydrogens (tertiary/aromatic N) is 1. The SMILES string of the molecule is C=C(C)C(=O)OCC(c1cc(OS(=O)(=O)O)ccc1C)[N+](C)(C)C. The zero-order valence-electron chi connectivity index (χ0n) is 14.6. The Hall–Kier alpha value is -1.90. The Kier molecular flexibility index (Phi) is 6.15. The lowest BCUT2D eigenvalue weighted by atomic mass is 9.99. The average Bonchev–Trinajstić information content (AvgIpc) is 2.38. The Labute approximate surface area is 143 Å². The van der Waals surface area contributed by atoms with E-state index in [1.54, 1.807) is 13.0 Å². The van der Waals surface area contributed by atoms with Crippen LogP contribution >= 0.6 is 0 Å². The van der Waals surface area contributed by atoms with Crippen LogP contribution in [0.15, 0.2) is 30.4 Å². The van der Waals surface area contributed by atoms with Gasteiger partial charge in [-0.15, -0.1) is 0 Å². The van der Waals surface area contributed by atoms with Gasteiger partial charge in [-0.25, -0.2) is 4.79 Å². The molecular formula is C16H24NO6S+. The monoisotopic (exact) mass is 358 g/mol. The zero-order chi connectivity index (χ0) is 18.7. The van der Waals surface area contributed by atoms with Crippen molar-refractivity contribution < 1.29 is 31.2 Å². The number of hydrogen-bond acceptors (Lipinski definition) is 5. The van der Waals surface area contributed by atoms with Gasteiger partial charge < -0.3 is 13.4 Å². The summed E-state index contributed by atoms with van der Waals surface area (Å²) in [7, 11) is 1.17. The van der Waals surface area contributed by atoms with E-state index >= 15 is 0 Å². The lowest BCUT2D eigenvalue weighted by molar-refractivity contribution is -0.902. The molecule has 1 atom stereocenters. The molecule has 0 aliphatic rings. The third-order valence-electron chi connectivity index (χ3n) is 3.47. The minimum absolute atomic E-state index is 0.0113. The first-order valence-electron chi connectivity index (χ1n) is 7.22. The fourth-order valence-electron chi connectivity index (χ4n) is 2.16. The van der Waals surface area contributed by atoms with Crippen LogP contribution in [0.1, 0.15) is 24.1 Å². The zero-order valence-corrected chi connectivity index (χ0v) is 15.4. The second-order valence-corrected chi connectivity index (χ2v) is 7.56. The summed E-state index contributed by atoms with van der Waals surface area (Å²) in [5.41, 5.74) is 1.93. The number of carbonyl (C=O) groups excluding carboxylic acids is 1. The van der Waals surface area contributed by atoms with Crippen LogP contribution in [0.5, 0.6) is 5.75 Å². The van der Waals surface area contributed by atoms with Gasteiger partial charge in [0.25, 0.3) is 0 Å². The van der Waals surface area contributed by atoms with Crippen LogP contribution in [0.4, 0.5) is 0 Å². The second-order valence-electron chi connectivity index (χ2n) is 6.54. The van der Waals surface area contributed by atoms with Crippen LogP contribution in [0, 0.1) is 6.92 Å². The van der Waals surface area contributed by atoms with Crippen LogP contribution in [-0.4, -0.2) is 51.2 Å².